The van der Waals surface area contributed by atoms with Gasteiger partial charge in [0.2, 0.25) is 0 Å². The molecule has 0 fully saturated rings. The van der Waals surface area contributed by atoms with E-state index in [-0.39, 0.29) is 11.9 Å². The number of nitrogens with one attached hydrogen (secondary N) is 1. The van der Waals surface area contributed by atoms with E-state index in [1.54, 1.807) is 0 Å². The van der Waals surface area contributed by atoms with Gasteiger partial charge in [-0.2, -0.15) is 0 Å². The summed E-state index contributed by atoms with van der Waals surface area (Å²) in [7, 11) is 2.10. The molecule has 0 aliphatic carbocycles. The van der Waals surface area contributed by atoms with Crippen molar-refractivity contribution in [2.75, 3.05) is 13.6 Å². The van der Waals surface area contributed by atoms with Crippen LogP contribution in [0, 0.1) is 5.41 Å². The summed E-state index contributed by atoms with van der Waals surface area (Å²) in [6.45, 7) is 0.941. The van der Waals surface area contributed by atoms with Gasteiger partial charge in [-0.1, -0.05) is 60.7 Å². The van der Waals surface area contributed by atoms with Crippen LogP contribution in [0.5, 0.6) is 0 Å². The second-order valence-corrected chi connectivity index (χ2v) is 5.37. The summed E-state index contributed by atoms with van der Waals surface area (Å²) in [5, 5.41) is 7.61. The molecule has 2 aromatic carbocycles. The molecule has 0 saturated heterocycles. The number of likely N-dealkylation sites (N-methyl/N-ethyl adjacent to an activating group) is 1. The molecule has 0 aliphatic heterocycles. The summed E-state index contributed by atoms with van der Waals surface area (Å²) in [4.78, 5) is 2.28. The number of nitrogens with zero attached hydrogens (tertiary/aromatic N) is 1. The smallest absolute Gasteiger partial charge is 0.0924 e. The average Bonchev–Trinajstić information content (AvgIpc) is 2.52. The van der Waals surface area contributed by atoms with Gasteiger partial charge in [0, 0.05) is 19.0 Å². The molecule has 0 saturated carbocycles. The second-order valence-electron chi connectivity index (χ2n) is 5.37. The molecule has 0 heterocycles. The Morgan fingerprint density at radius 3 is 2.19 bits per heavy atom. The molecule has 110 valence electrons. The van der Waals surface area contributed by atoms with Crippen LogP contribution in [-0.4, -0.2) is 24.3 Å². The highest BCUT2D eigenvalue weighted by molar-refractivity contribution is 5.77. The number of hydrogen-bond acceptors (Lipinski definition) is 2. The van der Waals surface area contributed by atoms with E-state index in [0.29, 0.717) is 6.42 Å². The number of rotatable bonds is 7. The van der Waals surface area contributed by atoms with E-state index >= 15 is 0 Å². The Morgan fingerprint density at radius 1 is 1.05 bits per heavy atom. The first-order valence-corrected chi connectivity index (χ1v) is 7.29. The summed E-state index contributed by atoms with van der Waals surface area (Å²) >= 11 is 0. The van der Waals surface area contributed by atoms with Crippen LogP contribution in [0.3, 0.4) is 0 Å². The van der Waals surface area contributed by atoms with E-state index in [9.17, 15) is 0 Å². The van der Waals surface area contributed by atoms with Crippen molar-refractivity contribution in [3.05, 3.63) is 71.8 Å². The highest BCUT2D eigenvalue weighted by atomic mass is 15.1. The zero-order valence-corrected chi connectivity index (χ0v) is 12.5. The van der Waals surface area contributed by atoms with Crippen molar-refractivity contribution >= 4 is 5.84 Å². The topological polar surface area (TPSA) is 53.1 Å². The molecule has 0 bridgehead atoms. The fraction of sp³-hybridized carbons (Fsp3) is 0.278. The van der Waals surface area contributed by atoms with Gasteiger partial charge in [-0.05, 0) is 24.6 Å². The highest BCUT2D eigenvalue weighted by Crippen LogP contribution is 2.23. The van der Waals surface area contributed by atoms with Crippen molar-refractivity contribution in [3.63, 3.8) is 0 Å². The third-order valence-electron chi connectivity index (χ3n) is 3.73. The molecule has 0 amide bonds. The van der Waals surface area contributed by atoms with E-state index in [4.69, 9.17) is 11.1 Å². The van der Waals surface area contributed by atoms with Crippen molar-refractivity contribution in [1.29, 1.82) is 5.41 Å². The molecular weight excluding hydrogens is 258 g/mol. The van der Waals surface area contributed by atoms with Crippen molar-refractivity contribution < 1.29 is 0 Å². The highest BCUT2D eigenvalue weighted by Gasteiger charge is 2.17. The van der Waals surface area contributed by atoms with E-state index in [1.807, 2.05) is 24.3 Å². The van der Waals surface area contributed by atoms with Crippen LogP contribution in [0.4, 0.5) is 0 Å². The summed E-state index contributed by atoms with van der Waals surface area (Å²) in [5.41, 5.74) is 8.18. The van der Waals surface area contributed by atoms with Gasteiger partial charge in [0.1, 0.15) is 0 Å². The Bertz CT molecular complexity index is 551. The summed E-state index contributed by atoms with van der Waals surface area (Å²) < 4.78 is 0. The van der Waals surface area contributed by atoms with Crippen molar-refractivity contribution in [3.8, 4) is 0 Å². The fourth-order valence-electron chi connectivity index (χ4n) is 2.52. The maximum absolute atomic E-state index is 7.61. The SMILES string of the molecule is CN(CCc1ccccc1)C(CC(=N)N)c1ccccc1. The van der Waals surface area contributed by atoms with Crippen LogP contribution in [-0.2, 0) is 6.42 Å². The molecule has 2 rings (SSSR count). The normalized spacial score (nSPS) is 12.3. The molecule has 1 unspecified atom stereocenters. The minimum atomic E-state index is 0.160. The number of hydrogen-bond donors (Lipinski definition) is 2. The lowest BCUT2D eigenvalue weighted by Crippen LogP contribution is -2.30. The second kappa shape index (κ2) is 7.60. The Hall–Kier alpha value is -2.13. The Kier molecular flexibility index (Phi) is 5.52. The Morgan fingerprint density at radius 2 is 1.62 bits per heavy atom. The van der Waals surface area contributed by atoms with E-state index in [1.165, 1.54) is 11.1 Å². The molecule has 2 aromatic rings. The number of amidine groups is 1. The lowest BCUT2D eigenvalue weighted by atomic mass is 10.0. The molecule has 1 atom stereocenters. The zero-order chi connectivity index (χ0) is 15.1. The standard InChI is InChI=1S/C18H23N3/c1-21(13-12-15-8-4-2-5-9-15)17(14-18(19)20)16-10-6-3-7-11-16/h2-11,17H,12-14H2,1H3,(H3,19,20). The largest absolute Gasteiger partial charge is 0.388 e. The third kappa shape index (κ3) is 4.72. The van der Waals surface area contributed by atoms with Crippen LogP contribution in [0.1, 0.15) is 23.6 Å². The average molecular weight is 281 g/mol. The van der Waals surface area contributed by atoms with Gasteiger partial charge in [-0.25, -0.2) is 0 Å². The number of benzene rings is 2. The first-order chi connectivity index (χ1) is 10.2. The molecule has 0 aliphatic rings. The van der Waals surface area contributed by atoms with E-state index in [2.05, 4.69) is 48.3 Å². The van der Waals surface area contributed by atoms with Gasteiger partial charge in [-0.3, -0.25) is 10.3 Å². The van der Waals surface area contributed by atoms with Gasteiger partial charge >= 0.3 is 0 Å². The van der Waals surface area contributed by atoms with Gasteiger partial charge < -0.3 is 5.73 Å². The molecule has 3 N–H and O–H groups in total. The minimum absolute atomic E-state index is 0.160. The predicted octanol–water partition coefficient (Wildman–Crippen LogP) is 3.23. The summed E-state index contributed by atoms with van der Waals surface area (Å²) in [6, 6.07) is 20.9. The zero-order valence-electron chi connectivity index (χ0n) is 12.5. The predicted molar refractivity (Wildman–Crippen MR) is 88.5 cm³/mol. The molecule has 3 heteroatoms. The molecule has 3 nitrogen and oxygen atoms in total. The summed E-state index contributed by atoms with van der Waals surface area (Å²) in [5.74, 6) is 0.232. The van der Waals surface area contributed by atoms with Gasteiger partial charge in [0.05, 0.1) is 5.84 Å². The van der Waals surface area contributed by atoms with Crippen LogP contribution in [0.25, 0.3) is 0 Å². The monoisotopic (exact) mass is 281 g/mol. The van der Waals surface area contributed by atoms with Crippen LogP contribution >= 0.6 is 0 Å². The van der Waals surface area contributed by atoms with Crippen LogP contribution in [0.2, 0.25) is 0 Å². The molecule has 0 aromatic heterocycles. The number of nitrogens with two attached hydrogens (primary N) is 1. The van der Waals surface area contributed by atoms with Gasteiger partial charge in [0.15, 0.2) is 0 Å². The van der Waals surface area contributed by atoms with E-state index < -0.39 is 0 Å². The Balaban J connectivity index is 2.04. The third-order valence-corrected chi connectivity index (χ3v) is 3.73. The maximum atomic E-state index is 7.61. The van der Waals surface area contributed by atoms with Gasteiger partial charge in [-0.15, -0.1) is 0 Å². The van der Waals surface area contributed by atoms with Crippen LogP contribution in [0.15, 0.2) is 60.7 Å². The van der Waals surface area contributed by atoms with Crippen molar-refractivity contribution in [2.45, 2.75) is 18.9 Å². The quantitative estimate of drug-likeness (QED) is 0.605. The maximum Gasteiger partial charge on any atom is 0.0924 e. The van der Waals surface area contributed by atoms with E-state index in [0.717, 1.165) is 13.0 Å². The Labute approximate surface area is 126 Å². The minimum Gasteiger partial charge on any atom is -0.388 e. The lowest BCUT2D eigenvalue weighted by molar-refractivity contribution is 0.253. The first-order valence-electron chi connectivity index (χ1n) is 7.29. The van der Waals surface area contributed by atoms with Crippen molar-refractivity contribution in [1.82, 2.24) is 4.90 Å². The fourth-order valence-corrected chi connectivity index (χ4v) is 2.52. The summed E-state index contributed by atoms with van der Waals surface area (Å²) in [6.07, 6.45) is 1.56. The van der Waals surface area contributed by atoms with Gasteiger partial charge in [0.25, 0.3) is 0 Å². The van der Waals surface area contributed by atoms with Crippen LogP contribution < -0.4 is 5.73 Å². The molecule has 0 spiro atoms. The molecule has 0 radical (unpaired) electrons. The van der Waals surface area contributed by atoms with Crippen molar-refractivity contribution in [2.24, 2.45) is 5.73 Å². The molecular formula is C18H23N3. The first kappa shape index (κ1) is 15.3. The molecule has 21 heavy (non-hydrogen) atoms. The lowest BCUT2D eigenvalue weighted by Gasteiger charge is -2.28.